The number of aryl methyl sites for hydroxylation is 1. The fraction of sp³-hybridized carbons (Fsp3) is 0.594. The van der Waals surface area contributed by atoms with Gasteiger partial charge in [0.25, 0.3) is 0 Å². The maximum atomic E-state index is 11.0. The summed E-state index contributed by atoms with van der Waals surface area (Å²) in [6.45, 7) is 8.40. The Morgan fingerprint density at radius 2 is 1.90 bits per heavy atom. The Kier molecular flexibility index (Phi) is 7.44. The highest BCUT2D eigenvalue weighted by molar-refractivity contribution is 5.79. The number of aliphatic hydroxyl groups is 2. The molecule has 0 radical (unpaired) electrons. The number of H-pyrrole nitrogens is 1. The average molecular weight is 545 g/mol. The van der Waals surface area contributed by atoms with Crippen molar-refractivity contribution in [3.8, 4) is 0 Å². The molecule has 2 fully saturated rings. The molecule has 3 N–H and O–H groups in total. The van der Waals surface area contributed by atoms with Crippen LogP contribution in [0.5, 0.6) is 0 Å². The summed E-state index contributed by atoms with van der Waals surface area (Å²) in [5.74, 6) is 1.81. The number of hydrogen-bond acceptors (Lipinski definition) is 6. The van der Waals surface area contributed by atoms with Crippen LogP contribution in [-0.4, -0.2) is 72.0 Å². The summed E-state index contributed by atoms with van der Waals surface area (Å²) in [4.78, 5) is 19.7. The quantitative estimate of drug-likeness (QED) is 0.248. The van der Waals surface area contributed by atoms with Crippen LogP contribution in [0.2, 0.25) is 0 Å². The summed E-state index contributed by atoms with van der Waals surface area (Å²) < 4.78 is 2.07. The van der Waals surface area contributed by atoms with Gasteiger partial charge in [-0.1, -0.05) is 26.8 Å². The molecule has 0 bridgehead atoms. The van der Waals surface area contributed by atoms with Gasteiger partial charge in [-0.3, -0.25) is 0 Å². The SMILES string of the molecule is CN(CCCCc1nc2ccc(C(C)(C)C)cc2[nH]1)C[C@H]1C[C@@H](n2ccc3c(CC4CC4)ncnc32)[C@H](O)[C@@H]1O. The number of fused-ring (bicyclic) bond motifs is 2. The number of hydrogen-bond donors (Lipinski definition) is 3. The third kappa shape index (κ3) is 5.67. The standard InChI is InChI=1S/C32H44N6O2/c1-32(2,3)22-10-11-24-26(17-22)36-28(35-24)7-5-6-13-37(4)18-21-16-27(30(40)29(21)39)38-14-12-23-25(15-20-8-9-20)33-19-34-31(23)38/h10-12,14,17,19-21,27,29-30,39-40H,5-9,13,15-16,18H2,1-4H3,(H,35,36)/t21-,27-,29-,30+/m1/s1. The Labute approximate surface area is 236 Å². The van der Waals surface area contributed by atoms with Crippen LogP contribution in [0.3, 0.4) is 0 Å². The van der Waals surface area contributed by atoms with Gasteiger partial charge in [0.05, 0.1) is 28.9 Å². The van der Waals surface area contributed by atoms with Crippen LogP contribution in [0.4, 0.5) is 0 Å². The highest BCUT2D eigenvalue weighted by atomic mass is 16.3. The van der Waals surface area contributed by atoms with Gasteiger partial charge in [-0.05, 0) is 87.2 Å². The lowest BCUT2D eigenvalue weighted by molar-refractivity contribution is 0.00167. The first-order valence-electron chi connectivity index (χ1n) is 15.0. The van der Waals surface area contributed by atoms with E-state index in [0.29, 0.717) is 0 Å². The summed E-state index contributed by atoms with van der Waals surface area (Å²) >= 11 is 0. The molecule has 2 aliphatic carbocycles. The molecule has 0 aliphatic heterocycles. The Morgan fingerprint density at radius 3 is 2.67 bits per heavy atom. The second-order valence-electron chi connectivity index (χ2n) is 13.4. The molecule has 1 aromatic carbocycles. The van der Waals surface area contributed by atoms with Crippen molar-refractivity contribution in [3.63, 3.8) is 0 Å². The predicted molar refractivity (Wildman–Crippen MR) is 158 cm³/mol. The minimum Gasteiger partial charge on any atom is -0.390 e. The van der Waals surface area contributed by atoms with Crippen LogP contribution < -0.4 is 0 Å². The monoisotopic (exact) mass is 544 g/mol. The van der Waals surface area contributed by atoms with Crippen LogP contribution in [0.15, 0.2) is 36.8 Å². The van der Waals surface area contributed by atoms with Crippen molar-refractivity contribution >= 4 is 22.1 Å². The molecular formula is C32H44N6O2. The summed E-state index contributed by atoms with van der Waals surface area (Å²) in [5.41, 5.74) is 5.56. The van der Waals surface area contributed by atoms with Crippen LogP contribution in [0.1, 0.15) is 76.0 Å². The number of aromatic nitrogens is 5. The summed E-state index contributed by atoms with van der Waals surface area (Å²) in [5, 5.41) is 23.0. The van der Waals surface area contributed by atoms with E-state index in [1.807, 2.05) is 6.20 Å². The molecule has 2 aliphatic rings. The van der Waals surface area contributed by atoms with E-state index in [-0.39, 0.29) is 17.4 Å². The lowest BCUT2D eigenvalue weighted by Crippen LogP contribution is -2.35. The largest absolute Gasteiger partial charge is 0.390 e. The minimum atomic E-state index is -0.803. The van der Waals surface area contributed by atoms with E-state index in [1.54, 1.807) is 6.33 Å². The molecule has 0 unspecified atom stereocenters. The van der Waals surface area contributed by atoms with E-state index < -0.39 is 12.2 Å². The fourth-order valence-electron chi connectivity index (χ4n) is 6.42. The van der Waals surface area contributed by atoms with Crippen LogP contribution in [0.25, 0.3) is 22.1 Å². The molecule has 214 valence electrons. The van der Waals surface area contributed by atoms with Crippen LogP contribution >= 0.6 is 0 Å². The first kappa shape index (κ1) is 27.4. The summed E-state index contributed by atoms with van der Waals surface area (Å²) in [6.07, 6.45) is 9.44. The van der Waals surface area contributed by atoms with Crippen molar-refractivity contribution in [2.24, 2.45) is 11.8 Å². The Hall–Kier alpha value is -2.81. The zero-order valence-corrected chi connectivity index (χ0v) is 24.3. The first-order valence-corrected chi connectivity index (χ1v) is 15.0. The topological polar surface area (TPSA) is 103 Å². The molecule has 0 amide bonds. The van der Waals surface area contributed by atoms with Crippen LogP contribution in [-0.2, 0) is 18.3 Å². The first-order chi connectivity index (χ1) is 19.2. The number of benzene rings is 1. The van der Waals surface area contributed by atoms with Gasteiger partial charge in [0.2, 0.25) is 0 Å². The minimum absolute atomic E-state index is 0.0163. The van der Waals surface area contributed by atoms with Crippen molar-refractivity contribution in [1.82, 2.24) is 29.4 Å². The zero-order chi connectivity index (χ0) is 28.0. The number of nitrogens with zero attached hydrogens (tertiary/aromatic N) is 5. The van der Waals surface area contributed by atoms with Gasteiger partial charge >= 0.3 is 0 Å². The number of aromatic amines is 1. The second-order valence-corrected chi connectivity index (χ2v) is 13.4. The number of aliphatic hydroxyl groups excluding tert-OH is 2. The fourth-order valence-corrected chi connectivity index (χ4v) is 6.42. The predicted octanol–water partition coefficient (Wildman–Crippen LogP) is 4.80. The second kappa shape index (κ2) is 10.9. The average Bonchev–Trinajstić information content (AvgIpc) is 3.36. The highest BCUT2D eigenvalue weighted by Gasteiger charge is 2.43. The number of rotatable bonds is 10. The Balaban J connectivity index is 1.01. The molecule has 4 atom stereocenters. The maximum absolute atomic E-state index is 11.0. The highest BCUT2D eigenvalue weighted by Crippen LogP contribution is 2.39. The van der Waals surface area contributed by atoms with Gasteiger partial charge in [-0.2, -0.15) is 0 Å². The summed E-state index contributed by atoms with van der Waals surface area (Å²) in [7, 11) is 2.12. The van der Waals surface area contributed by atoms with E-state index >= 15 is 0 Å². The molecule has 8 nitrogen and oxygen atoms in total. The zero-order valence-electron chi connectivity index (χ0n) is 24.3. The number of nitrogens with one attached hydrogen (secondary N) is 1. The Bertz CT molecular complexity index is 1470. The number of unbranched alkanes of at least 4 members (excludes halogenated alkanes) is 1. The molecule has 0 saturated heterocycles. The van der Waals surface area contributed by atoms with Crippen molar-refractivity contribution in [1.29, 1.82) is 0 Å². The number of imidazole rings is 1. The van der Waals surface area contributed by atoms with Crippen molar-refractivity contribution < 1.29 is 10.2 Å². The third-order valence-corrected chi connectivity index (χ3v) is 9.05. The van der Waals surface area contributed by atoms with E-state index in [9.17, 15) is 10.2 Å². The van der Waals surface area contributed by atoms with E-state index in [2.05, 4.69) is 76.5 Å². The molecule has 3 heterocycles. The maximum Gasteiger partial charge on any atom is 0.143 e. The molecule has 6 rings (SSSR count). The van der Waals surface area contributed by atoms with Gasteiger partial charge in [0.15, 0.2) is 0 Å². The van der Waals surface area contributed by atoms with Crippen molar-refractivity contribution in [2.75, 3.05) is 20.1 Å². The van der Waals surface area contributed by atoms with Crippen molar-refractivity contribution in [3.05, 3.63) is 53.9 Å². The van der Waals surface area contributed by atoms with E-state index in [1.165, 1.54) is 18.4 Å². The normalized spacial score (nSPS) is 23.7. The lowest BCUT2D eigenvalue weighted by Gasteiger charge is -2.23. The molecule has 40 heavy (non-hydrogen) atoms. The smallest absolute Gasteiger partial charge is 0.143 e. The van der Waals surface area contributed by atoms with Gasteiger partial charge < -0.3 is 24.7 Å². The molecule has 4 aromatic rings. The van der Waals surface area contributed by atoms with E-state index in [4.69, 9.17) is 4.98 Å². The third-order valence-electron chi connectivity index (χ3n) is 9.05. The van der Waals surface area contributed by atoms with E-state index in [0.717, 1.165) is 84.7 Å². The molecule has 0 spiro atoms. The van der Waals surface area contributed by atoms with Gasteiger partial charge in [0, 0.05) is 30.5 Å². The lowest BCUT2D eigenvalue weighted by atomic mass is 9.87. The van der Waals surface area contributed by atoms with Gasteiger partial charge in [-0.25, -0.2) is 15.0 Å². The molecular weight excluding hydrogens is 500 g/mol. The summed E-state index contributed by atoms with van der Waals surface area (Å²) in [6, 6.07) is 8.43. The van der Waals surface area contributed by atoms with Crippen LogP contribution in [0, 0.1) is 11.8 Å². The van der Waals surface area contributed by atoms with Crippen molar-refractivity contribution in [2.45, 2.75) is 89.4 Å². The molecule has 2 saturated carbocycles. The van der Waals surface area contributed by atoms with Gasteiger partial charge in [-0.15, -0.1) is 0 Å². The molecule has 8 heteroatoms. The van der Waals surface area contributed by atoms with Gasteiger partial charge in [0.1, 0.15) is 23.9 Å². The Morgan fingerprint density at radius 1 is 1.07 bits per heavy atom. The molecule has 3 aromatic heterocycles.